The minimum absolute atomic E-state index is 0.303. The molecule has 0 aliphatic rings. The summed E-state index contributed by atoms with van der Waals surface area (Å²) in [5.74, 6) is 0. The smallest absolute Gasteiger partial charge is 0.250 e. The van der Waals surface area contributed by atoms with Gasteiger partial charge in [-0.05, 0) is 6.42 Å². The predicted octanol–water partition coefficient (Wildman–Crippen LogP) is 5.65. The lowest BCUT2D eigenvalue weighted by Gasteiger charge is -2.20. The van der Waals surface area contributed by atoms with Gasteiger partial charge in [-0.1, -0.05) is 64.7 Å². The molecule has 0 amide bonds. The zero-order chi connectivity index (χ0) is 15.5. The monoisotopic (exact) mass is 303 g/mol. The number of hydrogen-bond acceptors (Lipinski definition) is 1. The third-order valence-corrected chi connectivity index (χ3v) is 3.23. The third-order valence-electron chi connectivity index (χ3n) is 3.23. The first-order chi connectivity index (χ1) is 9.31. The molecule has 0 radical (unpaired) electrons. The second kappa shape index (κ2) is 10.4. The molecule has 0 aromatic carbocycles. The van der Waals surface area contributed by atoms with Gasteiger partial charge in [0.1, 0.15) is 0 Å². The van der Waals surface area contributed by atoms with Gasteiger partial charge < -0.3 is 0 Å². The van der Waals surface area contributed by atoms with Gasteiger partial charge in [-0.3, -0.25) is 5.32 Å². The largest absolute Gasteiger partial charge is 0.469 e. The fourth-order valence-corrected chi connectivity index (χ4v) is 1.96. The van der Waals surface area contributed by atoms with E-state index in [0.29, 0.717) is 12.8 Å². The lowest BCUT2D eigenvalue weighted by Crippen LogP contribution is -2.49. The Kier molecular flexibility index (Phi) is 10.2. The molecule has 122 valence electrons. The van der Waals surface area contributed by atoms with Gasteiger partial charge in [-0.25, -0.2) is 0 Å². The van der Waals surface area contributed by atoms with Gasteiger partial charge in [-0.2, -0.15) is 22.0 Å². The van der Waals surface area contributed by atoms with Crippen LogP contribution in [0.15, 0.2) is 0 Å². The minimum Gasteiger partial charge on any atom is -0.250 e. The summed E-state index contributed by atoms with van der Waals surface area (Å²) in [6.45, 7) is 1.86. The van der Waals surface area contributed by atoms with Crippen molar-refractivity contribution < 1.29 is 22.0 Å². The van der Waals surface area contributed by atoms with Crippen LogP contribution in [-0.4, -0.2) is 18.8 Å². The molecule has 0 spiro atoms. The molecule has 20 heavy (non-hydrogen) atoms. The number of halogens is 5. The Morgan fingerprint density at radius 2 is 1.05 bits per heavy atom. The Balaban J connectivity index is 3.33. The lowest BCUT2D eigenvalue weighted by molar-refractivity contribution is -0.295. The van der Waals surface area contributed by atoms with Crippen molar-refractivity contribution in [1.82, 2.24) is 5.32 Å². The molecule has 1 N–H and O–H groups in total. The van der Waals surface area contributed by atoms with E-state index < -0.39 is 12.2 Å². The van der Waals surface area contributed by atoms with Gasteiger partial charge in [0.2, 0.25) is 0 Å². The molecule has 0 aliphatic heterocycles. The molecule has 0 atom stereocenters. The van der Waals surface area contributed by atoms with E-state index in [2.05, 4.69) is 6.92 Å². The molecule has 0 aliphatic carbocycles. The van der Waals surface area contributed by atoms with Crippen LogP contribution in [0.4, 0.5) is 22.0 Å². The SMILES string of the molecule is CCCCCCCCCCCCNC(F)(F)C(F)(F)F. The van der Waals surface area contributed by atoms with Crippen LogP contribution in [0.1, 0.15) is 71.1 Å². The fraction of sp³-hybridized carbons (Fsp3) is 1.00. The summed E-state index contributed by atoms with van der Waals surface area (Å²) in [4.78, 5) is 0. The van der Waals surface area contributed by atoms with Gasteiger partial charge in [0.15, 0.2) is 0 Å². The van der Waals surface area contributed by atoms with Gasteiger partial charge in [0.25, 0.3) is 0 Å². The summed E-state index contributed by atoms with van der Waals surface area (Å²) in [7, 11) is 0. The molecule has 0 saturated carbocycles. The fourth-order valence-electron chi connectivity index (χ4n) is 1.96. The van der Waals surface area contributed by atoms with E-state index in [1.807, 2.05) is 0 Å². The number of rotatable bonds is 12. The Morgan fingerprint density at radius 3 is 1.45 bits per heavy atom. The summed E-state index contributed by atoms with van der Waals surface area (Å²) in [6, 6.07) is -4.77. The van der Waals surface area contributed by atoms with Crippen molar-refractivity contribution in [3.05, 3.63) is 0 Å². The Labute approximate surface area is 118 Å². The third kappa shape index (κ3) is 9.50. The maximum atomic E-state index is 12.5. The van der Waals surface area contributed by atoms with Crippen molar-refractivity contribution in [3.63, 3.8) is 0 Å². The number of nitrogens with one attached hydrogen (secondary N) is 1. The maximum Gasteiger partial charge on any atom is 0.469 e. The van der Waals surface area contributed by atoms with E-state index in [1.165, 1.54) is 37.4 Å². The summed E-state index contributed by atoms with van der Waals surface area (Å²) < 4.78 is 60.4. The normalized spacial score (nSPS) is 12.9. The van der Waals surface area contributed by atoms with Crippen molar-refractivity contribution >= 4 is 0 Å². The zero-order valence-corrected chi connectivity index (χ0v) is 12.2. The first-order valence-electron chi connectivity index (χ1n) is 7.51. The molecule has 0 rings (SSSR count). The van der Waals surface area contributed by atoms with Crippen molar-refractivity contribution in [1.29, 1.82) is 0 Å². The first-order valence-corrected chi connectivity index (χ1v) is 7.51. The van der Waals surface area contributed by atoms with Crippen LogP contribution in [0.5, 0.6) is 0 Å². The van der Waals surface area contributed by atoms with Crippen LogP contribution in [0.3, 0.4) is 0 Å². The molecule has 0 fully saturated rings. The van der Waals surface area contributed by atoms with Crippen LogP contribution < -0.4 is 5.32 Å². The quantitative estimate of drug-likeness (QED) is 0.279. The highest BCUT2D eigenvalue weighted by atomic mass is 19.4. The van der Waals surface area contributed by atoms with Gasteiger partial charge >= 0.3 is 12.2 Å². The molecule has 0 unspecified atom stereocenters. The minimum atomic E-state index is -5.51. The van der Waals surface area contributed by atoms with Crippen LogP contribution in [0.2, 0.25) is 0 Å². The first kappa shape index (κ1) is 19.6. The Bertz CT molecular complexity index is 228. The number of unbranched alkanes of at least 4 members (excludes halogenated alkanes) is 9. The van der Waals surface area contributed by atoms with Crippen LogP contribution >= 0.6 is 0 Å². The molecular formula is C14H26F5N. The summed E-state index contributed by atoms with van der Waals surface area (Å²) in [6.07, 6.45) is 4.73. The average Bonchev–Trinajstić information content (AvgIpc) is 2.34. The van der Waals surface area contributed by atoms with Crippen molar-refractivity contribution in [3.8, 4) is 0 Å². The van der Waals surface area contributed by atoms with E-state index in [0.717, 1.165) is 19.3 Å². The molecule has 6 heteroatoms. The van der Waals surface area contributed by atoms with Gasteiger partial charge in [0.05, 0.1) is 0 Å². The van der Waals surface area contributed by atoms with E-state index in [1.54, 1.807) is 0 Å². The maximum absolute atomic E-state index is 12.5. The molecule has 0 aromatic rings. The predicted molar refractivity (Wildman–Crippen MR) is 70.8 cm³/mol. The topological polar surface area (TPSA) is 12.0 Å². The highest BCUT2D eigenvalue weighted by Crippen LogP contribution is 2.32. The van der Waals surface area contributed by atoms with Crippen LogP contribution in [0, 0.1) is 0 Å². The van der Waals surface area contributed by atoms with E-state index in [4.69, 9.17) is 0 Å². The standard InChI is InChI=1S/C14H26F5N/c1-2-3-4-5-6-7-8-9-10-11-12-20-14(18,19)13(15,16)17/h20H,2-12H2,1H3. The molecule has 0 aromatic heterocycles. The summed E-state index contributed by atoms with van der Waals surface area (Å²) >= 11 is 0. The summed E-state index contributed by atoms with van der Waals surface area (Å²) in [5, 5.41) is 1.27. The van der Waals surface area contributed by atoms with Crippen molar-refractivity contribution in [2.45, 2.75) is 83.4 Å². The van der Waals surface area contributed by atoms with Crippen molar-refractivity contribution in [2.24, 2.45) is 0 Å². The molecule has 0 saturated heterocycles. The van der Waals surface area contributed by atoms with Crippen LogP contribution in [0.25, 0.3) is 0 Å². The Hall–Kier alpha value is -0.390. The van der Waals surface area contributed by atoms with E-state index in [9.17, 15) is 22.0 Å². The molecule has 1 nitrogen and oxygen atoms in total. The average molecular weight is 303 g/mol. The Morgan fingerprint density at radius 1 is 0.650 bits per heavy atom. The molecule has 0 bridgehead atoms. The van der Waals surface area contributed by atoms with Gasteiger partial charge in [-0.15, -0.1) is 0 Å². The highest BCUT2D eigenvalue weighted by Gasteiger charge is 2.57. The number of alkyl halides is 5. The summed E-state index contributed by atoms with van der Waals surface area (Å²) in [5.41, 5.74) is 0. The van der Waals surface area contributed by atoms with E-state index in [-0.39, 0.29) is 6.54 Å². The highest BCUT2D eigenvalue weighted by molar-refractivity contribution is 4.72. The van der Waals surface area contributed by atoms with Crippen LogP contribution in [-0.2, 0) is 0 Å². The lowest BCUT2D eigenvalue weighted by atomic mass is 10.1. The second-order valence-corrected chi connectivity index (χ2v) is 5.18. The molecular weight excluding hydrogens is 277 g/mol. The zero-order valence-electron chi connectivity index (χ0n) is 12.2. The van der Waals surface area contributed by atoms with E-state index >= 15 is 0 Å². The van der Waals surface area contributed by atoms with Gasteiger partial charge in [0, 0.05) is 6.54 Å². The number of hydrogen-bond donors (Lipinski definition) is 1. The second-order valence-electron chi connectivity index (χ2n) is 5.18. The molecule has 0 heterocycles. The van der Waals surface area contributed by atoms with Crippen molar-refractivity contribution in [2.75, 3.05) is 6.54 Å².